The Balaban J connectivity index is 1.55. The number of aromatic nitrogens is 2. The number of hydrogen-bond acceptors (Lipinski definition) is 6. The van der Waals surface area contributed by atoms with Gasteiger partial charge in [-0.2, -0.15) is 4.98 Å². The van der Waals surface area contributed by atoms with Crippen LogP contribution >= 0.6 is 11.8 Å². The summed E-state index contributed by atoms with van der Waals surface area (Å²) in [6.07, 6.45) is 2.22. The van der Waals surface area contributed by atoms with Crippen LogP contribution in [0.15, 0.2) is 29.4 Å². The molecule has 122 valence electrons. The minimum Gasteiger partial charge on any atom is -0.472 e. The lowest BCUT2D eigenvalue weighted by Gasteiger charge is -2.18. The van der Waals surface area contributed by atoms with E-state index in [2.05, 4.69) is 9.97 Å². The maximum Gasteiger partial charge on any atom is 0.261 e. The van der Waals surface area contributed by atoms with E-state index in [1.165, 1.54) is 16.7 Å². The highest BCUT2D eigenvalue weighted by atomic mass is 32.2. The van der Waals surface area contributed by atoms with Crippen molar-refractivity contribution < 1.29 is 14.3 Å². The van der Waals surface area contributed by atoms with E-state index in [1.54, 1.807) is 24.3 Å². The molecular weight excluding hydrogens is 326 g/mol. The average molecular weight is 341 g/mol. The van der Waals surface area contributed by atoms with Gasteiger partial charge in [-0.25, -0.2) is 4.98 Å². The second kappa shape index (κ2) is 5.59. The Morgan fingerprint density at radius 3 is 2.50 bits per heavy atom. The van der Waals surface area contributed by atoms with Gasteiger partial charge >= 0.3 is 0 Å². The highest BCUT2D eigenvalue weighted by Gasteiger charge is 2.38. The predicted octanol–water partition coefficient (Wildman–Crippen LogP) is 2.11. The fourth-order valence-electron chi connectivity index (χ4n) is 3.11. The Labute approximate surface area is 143 Å². The zero-order chi connectivity index (χ0) is 16.8. The molecule has 7 heteroatoms. The molecule has 24 heavy (non-hydrogen) atoms. The van der Waals surface area contributed by atoms with Crippen molar-refractivity contribution in [2.24, 2.45) is 0 Å². The summed E-state index contributed by atoms with van der Waals surface area (Å²) in [6, 6.07) is 6.89. The van der Waals surface area contributed by atoms with Crippen LogP contribution in [0, 0.1) is 6.92 Å². The van der Waals surface area contributed by atoms with Gasteiger partial charge in [0.15, 0.2) is 5.16 Å². The lowest BCUT2D eigenvalue weighted by molar-refractivity contribution is 0.0585. The van der Waals surface area contributed by atoms with Crippen LogP contribution in [0.25, 0.3) is 0 Å². The van der Waals surface area contributed by atoms with E-state index in [-0.39, 0.29) is 24.5 Å². The Kier molecular flexibility index (Phi) is 3.53. The van der Waals surface area contributed by atoms with E-state index >= 15 is 0 Å². The SMILES string of the molecule is CSc1nc(C)c2c(n1)OC(CN1C(=O)c3ccccc3C1=O)C2. The first-order chi connectivity index (χ1) is 11.6. The average Bonchev–Trinajstić information content (AvgIpc) is 3.10. The zero-order valence-electron chi connectivity index (χ0n) is 13.3. The number of aryl methyl sites for hydroxylation is 1. The predicted molar refractivity (Wildman–Crippen MR) is 88.5 cm³/mol. The zero-order valence-corrected chi connectivity index (χ0v) is 14.1. The standard InChI is InChI=1S/C17H15N3O3S/c1-9-13-7-10(23-14(13)19-17(18-9)24-2)8-20-15(21)11-5-3-4-6-12(11)16(20)22/h3-6,10H,7-8H2,1-2H3. The van der Waals surface area contributed by atoms with Crippen LogP contribution in [0.1, 0.15) is 32.0 Å². The minimum atomic E-state index is -0.285. The van der Waals surface area contributed by atoms with Gasteiger partial charge in [-0.1, -0.05) is 23.9 Å². The van der Waals surface area contributed by atoms with Crippen molar-refractivity contribution in [3.63, 3.8) is 0 Å². The van der Waals surface area contributed by atoms with Gasteiger partial charge in [-0.05, 0) is 25.3 Å². The third kappa shape index (κ3) is 2.27. The summed E-state index contributed by atoms with van der Waals surface area (Å²) < 4.78 is 5.88. The fraction of sp³-hybridized carbons (Fsp3) is 0.294. The Hall–Kier alpha value is -2.41. The number of carbonyl (C=O) groups excluding carboxylic acids is 2. The molecule has 0 radical (unpaired) electrons. The smallest absolute Gasteiger partial charge is 0.261 e. The first kappa shape index (κ1) is 15.1. The summed E-state index contributed by atoms with van der Waals surface area (Å²) in [6.45, 7) is 2.14. The number of imide groups is 1. The molecule has 0 saturated carbocycles. The lowest BCUT2D eigenvalue weighted by atomic mass is 10.1. The van der Waals surface area contributed by atoms with Crippen molar-refractivity contribution in [3.05, 3.63) is 46.6 Å². The highest BCUT2D eigenvalue weighted by Crippen LogP contribution is 2.32. The Bertz CT molecular complexity index is 833. The summed E-state index contributed by atoms with van der Waals surface area (Å²) in [4.78, 5) is 35.0. The van der Waals surface area contributed by atoms with Gasteiger partial charge in [0.1, 0.15) is 6.10 Å². The minimum absolute atomic E-state index is 0.219. The number of fused-ring (bicyclic) bond motifs is 2. The van der Waals surface area contributed by atoms with Gasteiger partial charge in [0.05, 0.1) is 17.7 Å². The van der Waals surface area contributed by atoms with Crippen molar-refractivity contribution >= 4 is 23.6 Å². The molecule has 1 unspecified atom stereocenters. The van der Waals surface area contributed by atoms with E-state index < -0.39 is 0 Å². The van der Waals surface area contributed by atoms with Gasteiger partial charge in [-0.3, -0.25) is 14.5 Å². The van der Waals surface area contributed by atoms with Crippen LogP contribution in [-0.4, -0.2) is 45.6 Å². The third-order valence-electron chi connectivity index (χ3n) is 4.31. The van der Waals surface area contributed by atoms with Crippen LogP contribution in [0.4, 0.5) is 0 Å². The van der Waals surface area contributed by atoms with Crippen LogP contribution in [-0.2, 0) is 6.42 Å². The van der Waals surface area contributed by atoms with Crippen LogP contribution in [0.2, 0.25) is 0 Å². The van der Waals surface area contributed by atoms with E-state index in [0.29, 0.717) is 28.6 Å². The molecule has 0 aliphatic carbocycles. The van der Waals surface area contributed by atoms with Gasteiger partial charge in [0.2, 0.25) is 5.88 Å². The second-order valence-electron chi connectivity index (χ2n) is 5.79. The number of rotatable bonds is 3. The molecule has 0 fully saturated rings. The molecule has 1 aromatic heterocycles. The summed E-state index contributed by atoms with van der Waals surface area (Å²) in [7, 11) is 0. The van der Waals surface area contributed by atoms with Gasteiger partial charge in [0, 0.05) is 17.7 Å². The molecule has 1 aromatic carbocycles. The molecule has 0 N–H and O–H groups in total. The van der Waals surface area contributed by atoms with Crippen molar-refractivity contribution in [3.8, 4) is 5.88 Å². The third-order valence-corrected chi connectivity index (χ3v) is 4.86. The molecule has 0 spiro atoms. The number of hydrogen-bond donors (Lipinski definition) is 0. The number of carbonyl (C=O) groups is 2. The van der Waals surface area contributed by atoms with E-state index in [4.69, 9.17) is 4.74 Å². The molecule has 4 rings (SSSR count). The molecule has 0 bridgehead atoms. The first-order valence-electron chi connectivity index (χ1n) is 7.62. The lowest BCUT2D eigenvalue weighted by Crippen LogP contribution is -2.38. The number of amides is 2. The number of benzene rings is 1. The maximum absolute atomic E-state index is 12.5. The number of nitrogens with zero attached hydrogens (tertiary/aromatic N) is 3. The summed E-state index contributed by atoms with van der Waals surface area (Å²) in [5, 5.41) is 0.660. The molecule has 3 heterocycles. The molecule has 2 aliphatic rings. The summed E-state index contributed by atoms with van der Waals surface area (Å²) in [5.74, 6) is 0.0407. The molecule has 1 atom stereocenters. The highest BCUT2D eigenvalue weighted by molar-refractivity contribution is 7.98. The molecule has 2 aromatic rings. The molecule has 6 nitrogen and oxygen atoms in total. The summed E-state index contributed by atoms with van der Waals surface area (Å²) >= 11 is 1.45. The van der Waals surface area contributed by atoms with E-state index in [9.17, 15) is 9.59 Å². The van der Waals surface area contributed by atoms with Gasteiger partial charge < -0.3 is 4.74 Å². The van der Waals surface area contributed by atoms with Crippen molar-refractivity contribution in [2.75, 3.05) is 12.8 Å². The van der Waals surface area contributed by atoms with Crippen molar-refractivity contribution in [1.82, 2.24) is 14.9 Å². The normalized spacial score (nSPS) is 18.6. The van der Waals surface area contributed by atoms with Crippen molar-refractivity contribution in [1.29, 1.82) is 0 Å². The quantitative estimate of drug-likeness (QED) is 0.484. The topological polar surface area (TPSA) is 72.4 Å². The largest absolute Gasteiger partial charge is 0.472 e. The number of ether oxygens (including phenoxy) is 1. The first-order valence-corrected chi connectivity index (χ1v) is 8.84. The van der Waals surface area contributed by atoms with Crippen molar-refractivity contribution in [2.45, 2.75) is 24.6 Å². The fourth-order valence-corrected chi connectivity index (χ4v) is 3.51. The van der Waals surface area contributed by atoms with E-state index in [1.807, 2.05) is 13.2 Å². The molecule has 2 amide bonds. The van der Waals surface area contributed by atoms with Crippen LogP contribution in [0.3, 0.4) is 0 Å². The van der Waals surface area contributed by atoms with E-state index in [0.717, 1.165) is 11.3 Å². The van der Waals surface area contributed by atoms with Gasteiger partial charge in [-0.15, -0.1) is 0 Å². The second-order valence-corrected chi connectivity index (χ2v) is 6.56. The Morgan fingerprint density at radius 1 is 1.21 bits per heavy atom. The maximum atomic E-state index is 12.5. The molecule has 2 aliphatic heterocycles. The molecular formula is C17H15N3O3S. The monoisotopic (exact) mass is 341 g/mol. The summed E-state index contributed by atoms with van der Waals surface area (Å²) in [5.41, 5.74) is 2.75. The van der Waals surface area contributed by atoms with Crippen LogP contribution < -0.4 is 4.74 Å². The molecule has 0 saturated heterocycles. The van der Waals surface area contributed by atoms with Crippen LogP contribution in [0.5, 0.6) is 5.88 Å². The number of thioether (sulfide) groups is 1. The van der Waals surface area contributed by atoms with Gasteiger partial charge in [0.25, 0.3) is 11.8 Å². The Morgan fingerprint density at radius 2 is 1.88 bits per heavy atom.